The number of carbonyl (C=O) groups excluding carboxylic acids is 2. The number of carbonyl (C=O) groups is 2. The van der Waals surface area contributed by atoms with Gasteiger partial charge in [0, 0.05) is 12.0 Å². The van der Waals surface area contributed by atoms with Gasteiger partial charge in [0.25, 0.3) is 0 Å². The van der Waals surface area contributed by atoms with Crippen LogP contribution in [0, 0.1) is 5.82 Å². The molecule has 3 aromatic carbocycles. The van der Waals surface area contributed by atoms with Crippen molar-refractivity contribution in [3.8, 4) is 11.5 Å². The summed E-state index contributed by atoms with van der Waals surface area (Å²) < 4.78 is 29.3. The molecule has 0 atom stereocenters. The first kappa shape index (κ1) is 22.0. The molecular formula is C25H23FO5. The minimum absolute atomic E-state index is 0.0976. The van der Waals surface area contributed by atoms with Crippen molar-refractivity contribution < 1.29 is 28.2 Å². The summed E-state index contributed by atoms with van der Waals surface area (Å²) in [5.74, 6) is -0.0816. The van der Waals surface area contributed by atoms with Crippen LogP contribution in [0.15, 0.2) is 72.8 Å². The molecule has 3 rings (SSSR count). The molecule has 0 fully saturated rings. The summed E-state index contributed by atoms with van der Waals surface area (Å²) in [6, 6.07) is 19.9. The van der Waals surface area contributed by atoms with Gasteiger partial charge >= 0.3 is 5.97 Å². The molecule has 160 valence electrons. The molecule has 3 aromatic rings. The van der Waals surface area contributed by atoms with Crippen LogP contribution in [-0.2, 0) is 11.3 Å². The molecule has 0 radical (unpaired) electrons. The van der Waals surface area contributed by atoms with Crippen molar-refractivity contribution >= 4 is 11.8 Å². The number of halogens is 1. The molecule has 0 amide bonds. The number of hydrogen-bond acceptors (Lipinski definition) is 5. The summed E-state index contributed by atoms with van der Waals surface area (Å²) in [5, 5.41) is 0. The van der Waals surface area contributed by atoms with Crippen LogP contribution in [-0.4, -0.2) is 25.5 Å². The lowest BCUT2D eigenvalue weighted by Crippen LogP contribution is -2.09. The van der Waals surface area contributed by atoms with Gasteiger partial charge in [-0.15, -0.1) is 0 Å². The lowest BCUT2D eigenvalue weighted by molar-refractivity contribution is 0.0493. The zero-order chi connectivity index (χ0) is 22.1. The molecule has 0 unspecified atom stereocenters. The number of hydrogen-bond donors (Lipinski definition) is 0. The van der Waals surface area contributed by atoms with Crippen LogP contribution in [0.2, 0.25) is 0 Å². The number of ketones is 1. The first-order valence-corrected chi connectivity index (χ1v) is 9.87. The molecule has 0 N–H and O–H groups in total. The molecule has 31 heavy (non-hydrogen) atoms. The molecule has 0 aliphatic carbocycles. The Morgan fingerprint density at radius 3 is 2.29 bits per heavy atom. The fourth-order valence-corrected chi connectivity index (χ4v) is 2.91. The van der Waals surface area contributed by atoms with E-state index in [2.05, 4.69) is 0 Å². The summed E-state index contributed by atoms with van der Waals surface area (Å²) >= 11 is 0. The third-order valence-corrected chi connectivity index (χ3v) is 4.58. The Kier molecular flexibility index (Phi) is 7.76. The van der Waals surface area contributed by atoms with Crippen LogP contribution in [0.25, 0.3) is 0 Å². The second-order valence-electron chi connectivity index (χ2n) is 6.81. The van der Waals surface area contributed by atoms with Crippen molar-refractivity contribution in [3.63, 3.8) is 0 Å². The number of Topliss-reactive ketones (excluding diaryl/α,β-unsaturated/α-hetero) is 1. The van der Waals surface area contributed by atoms with E-state index in [-0.39, 0.29) is 18.8 Å². The van der Waals surface area contributed by atoms with Crippen molar-refractivity contribution in [1.29, 1.82) is 0 Å². The second kappa shape index (κ2) is 10.9. The number of esters is 1. The molecule has 0 aromatic heterocycles. The van der Waals surface area contributed by atoms with Crippen molar-refractivity contribution in [3.05, 3.63) is 95.3 Å². The molecule has 0 saturated heterocycles. The Hall–Kier alpha value is -3.67. The molecule has 0 bridgehead atoms. The minimum atomic E-state index is -0.512. The molecule has 0 heterocycles. The maximum atomic E-state index is 12.9. The molecule has 0 aliphatic rings. The van der Waals surface area contributed by atoms with Gasteiger partial charge in [-0.05, 0) is 54.4 Å². The van der Waals surface area contributed by atoms with E-state index in [4.69, 9.17) is 14.2 Å². The maximum absolute atomic E-state index is 12.9. The number of ether oxygens (including phenoxy) is 3. The highest BCUT2D eigenvalue weighted by Gasteiger charge is 2.13. The maximum Gasteiger partial charge on any atom is 0.338 e. The van der Waals surface area contributed by atoms with E-state index in [1.807, 2.05) is 30.3 Å². The number of benzene rings is 3. The molecule has 0 spiro atoms. The van der Waals surface area contributed by atoms with Crippen LogP contribution in [0.3, 0.4) is 0 Å². The standard InChI is InChI=1S/C25H23FO5/c1-29-24-16-20(11-14-23(24)31-17-18-6-3-2-4-7-18)25(28)30-15-5-8-22(27)19-9-12-21(26)13-10-19/h2-4,6-7,9-14,16H,5,8,15,17H2,1H3. The normalized spacial score (nSPS) is 10.4. The lowest BCUT2D eigenvalue weighted by Gasteiger charge is -2.12. The number of rotatable bonds is 10. The lowest BCUT2D eigenvalue weighted by atomic mass is 10.1. The summed E-state index contributed by atoms with van der Waals surface area (Å²) in [6.45, 7) is 0.476. The quantitative estimate of drug-likeness (QED) is 0.254. The molecular weight excluding hydrogens is 399 g/mol. The third kappa shape index (κ3) is 6.40. The average molecular weight is 422 g/mol. The zero-order valence-electron chi connectivity index (χ0n) is 17.2. The van der Waals surface area contributed by atoms with Crippen molar-refractivity contribution in [2.24, 2.45) is 0 Å². The van der Waals surface area contributed by atoms with Crippen LogP contribution >= 0.6 is 0 Å². The van der Waals surface area contributed by atoms with Crippen molar-refractivity contribution in [1.82, 2.24) is 0 Å². The minimum Gasteiger partial charge on any atom is -0.493 e. The zero-order valence-corrected chi connectivity index (χ0v) is 17.2. The van der Waals surface area contributed by atoms with Gasteiger partial charge < -0.3 is 14.2 Å². The Labute approximate surface area is 180 Å². The fraction of sp³-hybridized carbons (Fsp3) is 0.200. The van der Waals surface area contributed by atoms with Gasteiger partial charge in [0.1, 0.15) is 12.4 Å². The second-order valence-corrected chi connectivity index (χ2v) is 6.81. The van der Waals surface area contributed by atoms with Gasteiger partial charge in [0.15, 0.2) is 17.3 Å². The van der Waals surface area contributed by atoms with Gasteiger partial charge in [-0.3, -0.25) is 4.79 Å². The Morgan fingerprint density at radius 2 is 1.58 bits per heavy atom. The summed E-state index contributed by atoms with van der Waals surface area (Å²) in [6.07, 6.45) is 0.575. The Bertz CT molecular complexity index is 1020. The largest absolute Gasteiger partial charge is 0.493 e. The monoisotopic (exact) mass is 422 g/mol. The first-order valence-electron chi connectivity index (χ1n) is 9.87. The first-order chi connectivity index (χ1) is 15.1. The van der Waals surface area contributed by atoms with E-state index in [1.54, 1.807) is 18.2 Å². The van der Waals surface area contributed by atoms with E-state index in [9.17, 15) is 14.0 Å². The fourth-order valence-electron chi connectivity index (χ4n) is 2.91. The van der Waals surface area contributed by atoms with Gasteiger partial charge in [0.2, 0.25) is 0 Å². The van der Waals surface area contributed by atoms with E-state index in [0.717, 1.165) is 5.56 Å². The van der Waals surface area contributed by atoms with E-state index in [0.29, 0.717) is 35.7 Å². The smallest absolute Gasteiger partial charge is 0.338 e. The number of methoxy groups -OCH3 is 1. The molecule has 5 nitrogen and oxygen atoms in total. The predicted molar refractivity (Wildman–Crippen MR) is 114 cm³/mol. The Morgan fingerprint density at radius 1 is 0.871 bits per heavy atom. The summed E-state index contributed by atoms with van der Waals surface area (Å²) in [7, 11) is 1.50. The van der Waals surface area contributed by atoms with Crippen molar-refractivity contribution in [2.45, 2.75) is 19.4 Å². The van der Waals surface area contributed by atoms with E-state index in [1.165, 1.54) is 31.4 Å². The topological polar surface area (TPSA) is 61.8 Å². The highest BCUT2D eigenvalue weighted by atomic mass is 19.1. The van der Waals surface area contributed by atoms with Gasteiger partial charge in [0.05, 0.1) is 19.3 Å². The third-order valence-electron chi connectivity index (χ3n) is 4.58. The van der Waals surface area contributed by atoms with Gasteiger partial charge in [-0.1, -0.05) is 30.3 Å². The van der Waals surface area contributed by atoms with Crippen LogP contribution in [0.4, 0.5) is 4.39 Å². The van der Waals surface area contributed by atoms with Crippen LogP contribution in [0.1, 0.15) is 39.1 Å². The predicted octanol–water partition coefficient (Wildman–Crippen LogP) is 5.23. The summed E-state index contributed by atoms with van der Waals surface area (Å²) in [5.41, 5.74) is 1.78. The summed E-state index contributed by atoms with van der Waals surface area (Å²) in [4.78, 5) is 24.4. The molecule has 0 saturated carbocycles. The van der Waals surface area contributed by atoms with Crippen LogP contribution in [0.5, 0.6) is 11.5 Å². The van der Waals surface area contributed by atoms with Crippen LogP contribution < -0.4 is 9.47 Å². The average Bonchev–Trinajstić information content (AvgIpc) is 2.81. The highest BCUT2D eigenvalue weighted by Crippen LogP contribution is 2.29. The Balaban J connectivity index is 1.49. The SMILES string of the molecule is COc1cc(C(=O)OCCCC(=O)c2ccc(F)cc2)ccc1OCc1ccccc1. The van der Waals surface area contributed by atoms with E-state index >= 15 is 0 Å². The molecule has 6 heteroatoms. The van der Waals surface area contributed by atoms with Gasteiger partial charge in [-0.2, -0.15) is 0 Å². The molecule has 0 aliphatic heterocycles. The van der Waals surface area contributed by atoms with Gasteiger partial charge in [-0.25, -0.2) is 9.18 Å². The van der Waals surface area contributed by atoms with E-state index < -0.39 is 11.8 Å². The highest BCUT2D eigenvalue weighted by molar-refractivity contribution is 5.96. The van der Waals surface area contributed by atoms with Crippen molar-refractivity contribution in [2.75, 3.05) is 13.7 Å².